The highest BCUT2D eigenvalue weighted by Gasteiger charge is 2.35. The van der Waals surface area contributed by atoms with E-state index in [9.17, 15) is 18.0 Å². The molecule has 164 valence electrons. The maximum absolute atomic E-state index is 13.2. The number of hydrogen-bond acceptors (Lipinski definition) is 6. The Morgan fingerprint density at radius 2 is 1.87 bits per heavy atom. The molecule has 0 aromatic heterocycles. The fourth-order valence-corrected chi connectivity index (χ4v) is 4.43. The standard InChI is InChI=1S/C21H21ClN2O6S/c1-14-3-8-19(30-13-29-2)15(9-14)10-16-11-23-20(25)12-24(21(16)26)31(27,28)18-6-4-17(22)5-7-18/h3-10H,11-13H2,1-2H3,(H,23,25)/b16-10+. The Hall–Kier alpha value is -2.88. The lowest BCUT2D eigenvalue weighted by Gasteiger charge is -2.20. The summed E-state index contributed by atoms with van der Waals surface area (Å²) in [5.74, 6) is -0.933. The Kier molecular flexibility index (Phi) is 6.99. The third kappa shape index (κ3) is 5.25. The summed E-state index contributed by atoms with van der Waals surface area (Å²) in [6.45, 7) is 1.13. The van der Waals surface area contributed by atoms with Crippen LogP contribution in [0.25, 0.3) is 6.08 Å². The van der Waals surface area contributed by atoms with E-state index in [1.165, 1.54) is 37.5 Å². The number of carbonyl (C=O) groups excluding carboxylic acids is 2. The van der Waals surface area contributed by atoms with Crippen molar-refractivity contribution >= 4 is 39.5 Å². The minimum atomic E-state index is -4.27. The molecule has 31 heavy (non-hydrogen) atoms. The Morgan fingerprint density at radius 1 is 1.16 bits per heavy atom. The summed E-state index contributed by atoms with van der Waals surface area (Å²) in [6.07, 6.45) is 1.51. The Bertz CT molecular complexity index is 1130. The largest absolute Gasteiger partial charge is 0.467 e. The van der Waals surface area contributed by atoms with E-state index < -0.39 is 28.4 Å². The van der Waals surface area contributed by atoms with Crippen molar-refractivity contribution in [3.8, 4) is 5.75 Å². The third-order valence-corrected chi connectivity index (χ3v) is 6.49. The number of benzene rings is 2. The molecular weight excluding hydrogens is 444 g/mol. The normalized spacial score (nSPS) is 16.2. The monoisotopic (exact) mass is 464 g/mol. The van der Waals surface area contributed by atoms with E-state index in [2.05, 4.69) is 5.32 Å². The lowest BCUT2D eigenvalue weighted by Crippen LogP contribution is -2.40. The summed E-state index contributed by atoms with van der Waals surface area (Å²) in [5.41, 5.74) is 1.56. The van der Waals surface area contributed by atoms with Crippen LogP contribution in [0.5, 0.6) is 5.75 Å². The van der Waals surface area contributed by atoms with Crippen LogP contribution in [0.3, 0.4) is 0 Å². The van der Waals surface area contributed by atoms with E-state index in [-0.39, 0.29) is 23.8 Å². The maximum atomic E-state index is 13.2. The van der Waals surface area contributed by atoms with Gasteiger partial charge in [-0.3, -0.25) is 9.59 Å². The van der Waals surface area contributed by atoms with Crippen LogP contribution in [0.4, 0.5) is 0 Å². The zero-order valence-electron chi connectivity index (χ0n) is 16.9. The molecule has 2 aromatic rings. The molecule has 0 atom stereocenters. The van der Waals surface area contributed by atoms with Gasteiger partial charge in [-0.15, -0.1) is 0 Å². The first-order chi connectivity index (χ1) is 14.7. The molecule has 3 rings (SSSR count). The molecule has 1 fully saturated rings. The summed E-state index contributed by atoms with van der Waals surface area (Å²) in [7, 11) is -2.79. The van der Waals surface area contributed by atoms with Crippen molar-refractivity contribution < 1.29 is 27.5 Å². The first-order valence-corrected chi connectivity index (χ1v) is 11.1. The lowest BCUT2D eigenvalue weighted by atomic mass is 10.1. The lowest BCUT2D eigenvalue weighted by molar-refractivity contribution is -0.127. The van der Waals surface area contributed by atoms with Gasteiger partial charge < -0.3 is 14.8 Å². The van der Waals surface area contributed by atoms with Gasteiger partial charge in [0.2, 0.25) is 5.91 Å². The van der Waals surface area contributed by atoms with Crippen molar-refractivity contribution in [3.05, 3.63) is 64.2 Å². The number of halogens is 1. The summed E-state index contributed by atoms with van der Waals surface area (Å²) in [6, 6.07) is 10.7. The van der Waals surface area contributed by atoms with Gasteiger partial charge in [-0.25, -0.2) is 12.7 Å². The third-order valence-electron chi connectivity index (χ3n) is 4.49. The van der Waals surface area contributed by atoms with Crippen molar-refractivity contribution in [2.45, 2.75) is 11.8 Å². The fourth-order valence-electron chi connectivity index (χ4n) is 2.95. The number of sulfonamides is 1. The Morgan fingerprint density at radius 3 is 2.55 bits per heavy atom. The van der Waals surface area contributed by atoms with E-state index in [4.69, 9.17) is 21.1 Å². The Labute approximate surface area is 185 Å². The topological polar surface area (TPSA) is 102 Å². The van der Waals surface area contributed by atoms with Crippen molar-refractivity contribution in [2.75, 3.05) is 27.0 Å². The van der Waals surface area contributed by atoms with Crippen LogP contribution in [0, 0.1) is 6.92 Å². The zero-order valence-corrected chi connectivity index (χ0v) is 18.5. The van der Waals surface area contributed by atoms with Crippen molar-refractivity contribution in [1.29, 1.82) is 0 Å². The predicted octanol–water partition coefficient (Wildman–Crippen LogP) is 2.36. The molecule has 1 saturated heterocycles. The molecule has 1 aliphatic heterocycles. The van der Waals surface area contributed by atoms with Crippen LogP contribution in [0.15, 0.2) is 52.9 Å². The van der Waals surface area contributed by atoms with Gasteiger partial charge >= 0.3 is 0 Å². The molecule has 2 amide bonds. The fraction of sp³-hybridized carbons (Fsp3) is 0.238. The van der Waals surface area contributed by atoms with Gasteiger partial charge in [0.05, 0.1) is 4.90 Å². The molecule has 0 bridgehead atoms. The van der Waals surface area contributed by atoms with E-state index in [1.807, 2.05) is 13.0 Å². The van der Waals surface area contributed by atoms with E-state index >= 15 is 0 Å². The number of aryl methyl sites for hydroxylation is 1. The van der Waals surface area contributed by atoms with Crippen LogP contribution >= 0.6 is 11.6 Å². The number of amides is 2. The van der Waals surface area contributed by atoms with E-state index in [1.54, 1.807) is 12.1 Å². The van der Waals surface area contributed by atoms with Crippen LogP contribution in [0.2, 0.25) is 5.02 Å². The van der Waals surface area contributed by atoms with Gasteiger partial charge in [-0.1, -0.05) is 23.2 Å². The quantitative estimate of drug-likeness (QED) is 0.520. The first-order valence-electron chi connectivity index (χ1n) is 9.24. The smallest absolute Gasteiger partial charge is 0.267 e. The van der Waals surface area contributed by atoms with Crippen LogP contribution in [0.1, 0.15) is 11.1 Å². The van der Waals surface area contributed by atoms with E-state index in [0.717, 1.165) is 5.56 Å². The molecule has 0 spiro atoms. The summed E-state index contributed by atoms with van der Waals surface area (Å²) >= 11 is 5.83. The molecule has 1 N–H and O–H groups in total. The predicted molar refractivity (Wildman–Crippen MR) is 115 cm³/mol. The number of carbonyl (C=O) groups is 2. The minimum absolute atomic E-state index is 0.000980. The second-order valence-electron chi connectivity index (χ2n) is 6.81. The van der Waals surface area contributed by atoms with Gasteiger partial charge in [0.25, 0.3) is 15.9 Å². The number of rotatable bonds is 6. The Balaban J connectivity index is 2.03. The average Bonchev–Trinajstić information content (AvgIpc) is 2.87. The molecule has 0 aliphatic carbocycles. The highest BCUT2D eigenvalue weighted by atomic mass is 35.5. The summed E-state index contributed by atoms with van der Waals surface area (Å²) in [5, 5.41) is 2.91. The van der Waals surface area contributed by atoms with Crippen LogP contribution in [-0.4, -0.2) is 51.5 Å². The SMILES string of the molecule is COCOc1ccc(C)cc1/C=C1\CNC(=O)CN(S(=O)(=O)c2ccc(Cl)cc2)C1=O. The molecule has 1 heterocycles. The first kappa shape index (κ1) is 22.8. The minimum Gasteiger partial charge on any atom is -0.467 e. The molecule has 1 aliphatic rings. The number of nitrogens with one attached hydrogen (secondary N) is 1. The van der Waals surface area contributed by atoms with Crippen molar-refractivity contribution in [1.82, 2.24) is 9.62 Å². The highest BCUT2D eigenvalue weighted by Crippen LogP contribution is 2.26. The van der Waals surface area contributed by atoms with Gasteiger partial charge in [0.15, 0.2) is 6.79 Å². The molecule has 8 nitrogen and oxygen atoms in total. The number of ether oxygens (including phenoxy) is 2. The molecule has 0 unspecified atom stereocenters. The van der Waals surface area contributed by atoms with Crippen LogP contribution < -0.4 is 10.1 Å². The molecule has 0 radical (unpaired) electrons. The number of nitrogens with zero attached hydrogens (tertiary/aromatic N) is 1. The highest BCUT2D eigenvalue weighted by molar-refractivity contribution is 7.89. The molecule has 2 aromatic carbocycles. The molecule has 10 heteroatoms. The average molecular weight is 465 g/mol. The van der Waals surface area contributed by atoms with Crippen LogP contribution in [-0.2, 0) is 24.3 Å². The van der Waals surface area contributed by atoms with Crippen molar-refractivity contribution in [3.63, 3.8) is 0 Å². The van der Waals surface area contributed by atoms with Crippen molar-refractivity contribution in [2.24, 2.45) is 0 Å². The van der Waals surface area contributed by atoms with Gasteiger partial charge in [0.1, 0.15) is 12.3 Å². The number of hydrogen-bond donors (Lipinski definition) is 1. The maximum Gasteiger partial charge on any atom is 0.267 e. The van der Waals surface area contributed by atoms with Gasteiger partial charge in [-0.2, -0.15) is 0 Å². The van der Waals surface area contributed by atoms with Gasteiger partial charge in [0, 0.05) is 29.8 Å². The van der Waals surface area contributed by atoms with Gasteiger partial charge in [-0.05, 0) is 49.4 Å². The second kappa shape index (κ2) is 9.51. The number of methoxy groups -OCH3 is 1. The zero-order chi connectivity index (χ0) is 22.6. The molecule has 0 saturated carbocycles. The second-order valence-corrected chi connectivity index (χ2v) is 9.11. The molecular formula is C21H21ClN2O6S. The summed E-state index contributed by atoms with van der Waals surface area (Å²) in [4.78, 5) is 25.2. The summed E-state index contributed by atoms with van der Waals surface area (Å²) < 4.78 is 37.2. The van der Waals surface area contributed by atoms with E-state index in [0.29, 0.717) is 20.6 Å².